The zero-order valence-corrected chi connectivity index (χ0v) is 22.6. The Labute approximate surface area is 224 Å². The van der Waals surface area contributed by atoms with Crippen molar-refractivity contribution in [1.82, 2.24) is 0 Å². The molecule has 0 aromatic heterocycles. The van der Waals surface area contributed by atoms with E-state index in [0.717, 1.165) is 14.8 Å². The van der Waals surface area contributed by atoms with Gasteiger partial charge in [0.25, 0.3) is 5.91 Å². The second-order valence-corrected chi connectivity index (χ2v) is 9.28. The summed E-state index contributed by atoms with van der Waals surface area (Å²) in [4.78, 5) is 14.7. The van der Waals surface area contributed by atoms with Crippen LogP contribution in [0.5, 0.6) is 11.5 Å². The maximum Gasteiger partial charge on any atom is 0.266 e. The fourth-order valence-corrected chi connectivity index (χ4v) is 4.17. The first-order valence-electron chi connectivity index (χ1n) is 10.9. The van der Waals surface area contributed by atoms with Gasteiger partial charge in [0.15, 0.2) is 11.5 Å². The lowest BCUT2D eigenvalue weighted by Crippen LogP contribution is -2.14. The highest BCUT2D eigenvalue weighted by Crippen LogP contribution is 2.36. The minimum absolute atomic E-state index is 0.0235. The van der Waals surface area contributed by atoms with Crippen LogP contribution in [0.15, 0.2) is 66.2 Å². The van der Waals surface area contributed by atoms with Gasteiger partial charge in [-0.25, -0.2) is 0 Å². The summed E-state index contributed by atoms with van der Waals surface area (Å²) >= 11 is 8.40. The molecule has 3 aromatic rings. The van der Waals surface area contributed by atoms with Crippen molar-refractivity contribution < 1.29 is 14.3 Å². The van der Waals surface area contributed by atoms with E-state index in [9.17, 15) is 10.1 Å². The Balaban J connectivity index is 1.82. The zero-order valence-electron chi connectivity index (χ0n) is 19.6. The molecule has 0 aliphatic heterocycles. The standard InChI is InChI=1S/C27H25ClIN3O3/c1-4-34-25-15-18(14-24(29)26(25)35-17-19-7-5-6-8-23(19)28)13-20(16-30)27(33)31-21-9-11-22(12-10-21)32(2)3/h5-15H,4,17H2,1-3H3,(H,31,33)/b20-13-. The minimum atomic E-state index is -0.489. The molecule has 8 heteroatoms. The molecule has 1 amide bonds. The molecule has 3 rings (SSSR count). The summed E-state index contributed by atoms with van der Waals surface area (Å²) in [5.74, 6) is 0.611. The van der Waals surface area contributed by atoms with Crippen LogP contribution < -0.4 is 19.7 Å². The molecular weight excluding hydrogens is 577 g/mol. The number of nitrogens with one attached hydrogen (secondary N) is 1. The summed E-state index contributed by atoms with van der Waals surface area (Å²) in [6, 6.07) is 20.4. The number of carbonyl (C=O) groups excluding carboxylic acids is 1. The van der Waals surface area contributed by atoms with E-state index in [2.05, 4.69) is 27.9 Å². The first-order valence-corrected chi connectivity index (χ1v) is 12.3. The molecule has 0 bridgehead atoms. The van der Waals surface area contributed by atoms with E-state index >= 15 is 0 Å². The Morgan fingerprint density at radius 3 is 2.49 bits per heavy atom. The summed E-state index contributed by atoms with van der Waals surface area (Å²) in [6.07, 6.45) is 1.53. The lowest BCUT2D eigenvalue weighted by molar-refractivity contribution is -0.112. The normalized spacial score (nSPS) is 10.9. The van der Waals surface area contributed by atoms with Crippen LogP contribution in [-0.2, 0) is 11.4 Å². The lowest BCUT2D eigenvalue weighted by Gasteiger charge is -2.15. The van der Waals surface area contributed by atoms with Crippen molar-refractivity contribution in [3.05, 3.63) is 86.0 Å². The topological polar surface area (TPSA) is 74.6 Å². The van der Waals surface area contributed by atoms with Crippen molar-refractivity contribution in [2.75, 3.05) is 30.9 Å². The molecule has 3 aromatic carbocycles. The largest absolute Gasteiger partial charge is 0.490 e. The second-order valence-electron chi connectivity index (χ2n) is 7.71. The number of benzene rings is 3. The Morgan fingerprint density at radius 2 is 1.86 bits per heavy atom. The zero-order chi connectivity index (χ0) is 25.4. The van der Waals surface area contributed by atoms with E-state index in [0.29, 0.717) is 34.4 Å². The van der Waals surface area contributed by atoms with Gasteiger partial charge in [0.2, 0.25) is 0 Å². The highest BCUT2D eigenvalue weighted by Gasteiger charge is 2.15. The van der Waals surface area contributed by atoms with Gasteiger partial charge < -0.3 is 19.7 Å². The summed E-state index contributed by atoms with van der Waals surface area (Å²) in [5, 5.41) is 13.0. The first kappa shape index (κ1) is 26.4. The van der Waals surface area contributed by atoms with Crippen molar-refractivity contribution in [3.8, 4) is 17.6 Å². The molecule has 180 valence electrons. The third kappa shape index (κ3) is 7.13. The van der Waals surface area contributed by atoms with Crippen molar-refractivity contribution in [3.63, 3.8) is 0 Å². The lowest BCUT2D eigenvalue weighted by atomic mass is 10.1. The number of anilines is 2. The fraction of sp³-hybridized carbons (Fsp3) is 0.185. The Morgan fingerprint density at radius 1 is 1.14 bits per heavy atom. The highest BCUT2D eigenvalue weighted by atomic mass is 127. The van der Waals surface area contributed by atoms with Gasteiger partial charge in [0.05, 0.1) is 10.2 Å². The molecule has 0 unspecified atom stereocenters. The van der Waals surface area contributed by atoms with E-state index in [1.54, 1.807) is 18.2 Å². The van der Waals surface area contributed by atoms with Crippen LogP contribution in [0.25, 0.3) is 6.08 Å². The number of amides is 1. The van der Waals surface area contributed by atoms with Gasteiger partial charge in [0.1, 0.15) is 18.2 Å². The van der Waals surface area contributed by atoms with Gasteiger partial charge in [-0.15, -0.1) is 0 Å². The average molecular weight is 602 g/mol. The van der Waals surface area contributed by atoms with Crippen LogP contribution in [0.1, 0.15) is 18.1 Å². The van der Waals surface area contributed by atoms with Crippen LogP contribution >= 0.6 is 34.2 Å². The van der Waals surface area contributed by atoms with E-state index in [4.69, 9.17) is 21.1 Å². The molecule has 0 saturated carbocycles. The average Bonchev–Trinajstić information content (AvgIpc) is 2.83. The molecule has 6 nitrogen and oxygen atoms in total. The number of carbonyl (C=O) groups is 1. The smallest absolute Gasteiger partial charge is 0.266 e. The van der Waals surface area contributed by atoms with Crippen LogP contribution in [0.3, 0.4) is 0 Å². The second kappa shape index (κ2) is 12.5. The molecule has 0 radical (unpaired) electrons. The quantitative estimate of drug-likeness (QED) is 0.171. The molecule has 0 atom stereocenters. The summed E-state index contributed by atoms with van der Waals surface area (Å²) < 4.78 is 12.6. The van der Waals surface area contributed by atoms with Crippen LogP contribution in [-0.4, -0.2) is 26.6 Å². The van der Waals surface area contributed by atoms with Crippen LogP contribution in [0.4, 0.5) is 11.4 Å². The van der Waals surface area contributed by atoms with Gasteiger partial charge in [-0.05, 0) is 83.6 Å². The summed E-state index contributed by atoms with van der Waals surface area (Å²) in [7, 11) is 3.88. The molecule has 0 aliphatic carbocycles. The number of hydrogen-bond acceptors (Lipinski definition) is 5. The van der Waals surface area contributed by atoms with E-state index < -0.39 is 5.91 Å². The Kier molecular flexibility index (Phi) is 9.40. The van der Waals surface area contributed by atoms with Gasteiger partial charge >= 0.3 is 0 Å². The predicted octanol–water partition coefficient (Wildman–Crippen LogP) is 6.53. The van der Waals surface area contributed by atoms with E-state index in [-0.39, 0.29) is 12.2 Å². The first-order chi connectivity index (χ1) is 16.8. The van der Waals surface area contributed by atoms with Crippen LogP contribution in [0.2, 0.25) is 5.02 Å². The molecule has 0 aliphatic rings. The minimum Gasteiger partial charge on any atom is -0.490 e. The van der Waals surface area contributed by atoms with Gasteiger partial charge in [-0.2, -0.15) is 5.26 Å². The third-order valence-electron chi connectivity index (χ3n) is 4.98. The Bertz CT molecular complexity index is 1270. The van der Waals surface area contributed by atoms with Crippen molar-refractivity contribution >= 4 is 57.5 Å². The molecule has 0 spiro atoms. The number of ether oxygens (including phenoxy) is 2. The monoisotopic (exact) mass is 601 g/mol. The number of nitrogens with zero attached hydrogens (tertiary/aromatic N) is 2. The number of nitriles is 1. The molecule has 35 heavy (non-hydrogen) atoms. The van der Waals surface area contributed by atoms with Gasteiger partial charge in [0, 0.05) is 36.1 Å². The maximum atomic E-state index is 12.7. The Hall–Kier alpha value is -3.22. The molecule has 1 N–H and O–H groups in total. The third-order valence-corrected chi connectivity index (χ3v) is 6.15. The van der Waals surface area contributed by atoms with Crippen molar-refractivity contribution in [2.45, 2.75) is 13.5 Å². The van der Waals surface area contributed by atoms with Crippen molar-refractivity contribution in [2.24, 2.45) is 0 Å². The van der Waals surface area contributed by atoms with Crippen LogP contribution in [0, 0.1) is 14.9 Å². The predicted molar refractivity (Wildman–Crippen MR) is 149 cm³/mol. The van der Waals surface area contributed by atoms with Gasteiger partial charge in [-0.1, -0.05) is 29.8 Å². The van der Waals surface area contributed by atoms with Crippen molar-refractivity contribution in [1.29, 1.82) is 5.26 Å². The highest BCUT2D eigenvalue weighted by molar-refractivity contribution is 14.1. The molecule has 0 fully saturated rings. The molecule has 0 heterocycles. The number of hydrogen-bond donors (Lipinski definition) is 1. The fourth-order valence-electron chi connectivity index (χ4n) is 3.20. The molecule has 0 saturated heterocycles. The SMILES string of the molecule is CCOc1cc(/C=C(/C#N)C(=O)Nc2ccc(N(C)C)cc2)cc(I)c1OCc1ccccc1Cl. The maximum absolute atomic E-state index is 12.7. The summed E-state index contributed by atoms with van der Waals surface area (Å²) in [6.45, 7) is 2.59. The van der Waals surface area contributed by atoms with E-state index in [1.165, 1.54) is 6.08 Å². The molecular formula is C27H25ClIN3O3. The number of halogens is 2. The van der Waals surface area contributed by atoms with E-state index in [1.807, 2.05) is 74.5 Å². The van der Waals surface area contributed by atoms with Gasteiger partial charge in [-0.3, -0.25) is 4.79 Å². The summed E-state index contributed by atoms with van der Waals surface area (Å²) in [5.41, 5.74) is 3.10. The number of rotatable bonds is 9.